The third-order valence-corrected chi connectivity index (χ3v) is 3.96. The third kappa shape index (κ3) is 1.77. The summed E-state index contributed by atoms with van der Waals surface area (Å²) in [5.74, 6) is 0.273. The second-order valence-electron chi connectivity index (χ2n) is 4.66. The molecule has 2 heterocycles. The van der Waals surface area contributed by atoms with E-state index in [-0.39, 0.29) is 10.8 Å². The van der Waals surface area contributed by atoms with Crippen molar-refractivity contribution in [2.45, 2.75) is 25.7 Å². The van der Waals surface area contributed by atoms with Crippen LogP contribution in [0.4, 0.5) is 4.39 Å². The minimum atomic E-state index is -1.38. The first kappa shape index (κ1) is 11.5. The molecule has 0 radical (unpaired) electrons. The van der Waals surface area contributed by atoms with Crippen LogP contribution in [0.2, 0.25) is 0 Å². The van der Waals surface area contributed by atoms with E-state index in [2.05, 4.69) is 9.47 Å². The van der Waals surface area contributed by atoms with Gasteiger partial charge in [-0.15, -0.1) is 0 Å². The summed E-state index contributed by atoms with van der Waals surface area (Å²) in [7, 11) is 1.83. The van der Waals surface area contributed by atoms with Gasteiger partial charge in [-0.25, -0.2) is 0 Å². The molecule has 0 amide bonds. The molecule has 2 aromatic rings. The number of hydrogen-bond acceptors (Lipinski definition) is 4. The van der Waals surface area contributed by atoms with Crippen LogP contribution in [0, 0.1) is 6.92 Å². The maximum absolute atomic E-state index is 13.0. The highest BCUT2D eigenvalue weighted by Crippen LogP contribution is 2.47. The fourth-order valence-corrected chi connectivity index (χ4v) is 3.00. The molecule has 0 unspecified atom stereocenters. The van der Waals surface area contributed by atoms with E-state index in [0.717, 1.165) is 41.2 Å². The van der Waals surface area contributed by atoms with Crippen molar-refractivity contribution in [1.82, 2.24) is 14.2 Å². The Labute approximate surface area is 108 Å². The summed E-state index contributed by atoms with van der Waals surface area (Å²) >= 11 is 0.942. The predicted octanol–water partition coefficient (Wildman–Crippen LogP) is 2.84. The Bertz CT molecular complexity index is 627. The van der Waals surface area contributed by atoms with Crippen LogP contribution in [-0.2, 0) is 7.05 Å². The van der Waals surface area contributed by atoms with Crippen molar-refractivity contribution in [2.24, 2.45) is 7.05 Å². The lowest BCUT2D eigenvalue weighted by Crippen LogP contribution is -1.95. The number of aryl methyl sites for hydroxylation is 2. The molecule has 0 N–H and O–H groups in total. The maximum atomic E-state index is 13.0. The number of aromatic nitrogens is 3. The van der Waals surface area contributed by atoms with Gasteiger partial charge in [-0.05, 0) is 42.8 Å². The van der Waals surface area contributed by atoms with Gasteiger partial charge in [0.15, 0.2) is 0 Å². The minimum Gasteiger partial charge on any atom is -0.275 e. The van der Waals surface area contributed by atoms with Gasteiger partial charge in [-0.2, -0.15) is 13.9 Å². The highest BCUT2D eigenvalue weighted by molar-refractivity contribution is 7.08. The van der Waals surface area contributed by atoms with Crippen LogP contribution in [-0.4, -0.2) is 20.2 Å². The topological polar surface area (TPSA) is 47.8 Å². The van der Waals surface area contributed by atoms with E-state index in [1.165, 1.54) is 0 Å². The van der Waals surface area contributed by atoms with Gasteiger partial charge in [-0.1, -0.05) is 0 Å². The Morgan fingerprint density at radius 2 is 2.22 bits per heavy atom. The zero-order chi connectivity index (χ0) is 12.9. The number of hydrogen-bond donors (Lipinski definition) is 0. The van der Waals surface area contributed by atoms with Gasteiger partial charge in [0.2, 0.25) is 0 Å². The zero-order valence-corrected chi connectivity index (χ0v) is 10.9. The summed E-state index contributed by atoms with van der Waals surface area (Å²) in [5.41, 5.74) is 3.18. The van der Waals surface area contributed by atoms with Crippen LogP contribution in [0.5, 0.6) is 0 Å². The molecule has 0 spiro atoms. The summed E-state index contributed by atoms with van der Waals surface area (Å²) in [6.45, 7) is 1.94. The van der Waals surface area contributed by atoms with Crippen molar-refractivity contribution in [3.63, 3.8) is 0 Å². The molecule has 6 heteroatoms. The molecular weight excluding hydrogens is 253 g/mol. The fraction of sp³-hybridized carbons (Fsp3) is 0.417. The minimum absolute atomic E-state index is 0.151. The van der Waals surface area contributed by atoms with Crippen molar-refractivity contribution in [1.29, 1.82) is 0 Å². The number of nitrogens with zero attached hydrogens (tertiary/aromatic N) is 3. The first-order valence-corrected chi connectivity index (χ1v) is 6.55. The second kappa shape index (κ2) is 3.98. The fourth-order valence-electron chi connectivity index (χ4n) is 2.20. The molecule has 0 aliphatic heterocycles. The van der Waals surface area contributed by atoms with Gasteiger partial charge in [0.1, 0.15) is 16.3 Å². The molecule has 0 atom stereocenters. The molecule has 1 fully saturated rings. The van der Waals surface area contributed by atoms with Gasteiger partial charge in [0, 0.05) is 18.8 Å². The molecule has 18 heavy (non-hydrogen) atoms. The highest BCUT2D eigenvalue weighted by atomic mass is 32.1. The van der Waals surface area contributed by atoms with Crippen LogP contribution in [0.25, 0.3) is 11.4 Å². The van der Waals surface area contributed by atoms with Gasteiger partial charge in [0.05, 0.1) is 0 Å². The molecule has 1 aliphatic carbocycles. The molecule has 0 saturated heterocycles. The molecule has 4 nitrogen and oxygen atoms in total. The number of rotatable bonds is 3. The van der Waals surface area contributed by atoms with E-state index in [4.69, 9.17) is 0 Å². The Kier molecular flexibility index (Phi) is 2.55. The first-order chi connectivity index (χ1) is 8.58. The normalized spacial score (nSPS) is 15.1. The monoisotopic (exact) mass is 265 g/mol. The molecule has 1 aliphatic rings. The molecule has 3 rings (SSSR count). The largest absolute Gasteiger partial charge is 0.343 e. The highest BCUT2D eigenvalue weighted by Gasteiger charge is 2.34. The molecule has 1 saturated carbocycles. The summed E-state index contributed by atoms with van der Waals surface area (Å²) in [5, 5.41) is 4.35. The quantitative estimate of drug-likeness (QED) is 0.802. The van der Waals surface area contributed by atoms with E-state index in [9.17, 15) is 9.18 Å². The van der Waals surface area contributed by atoms with Crippen molar-refractivity contribution in [3.8, 4) is 11.4 Å². The average molecular weight is 265 g/mol. The van der Waals surface area contributed by atoms with Crippen molar-refractivity contribution < 1.29 is 9.18 Å². The molecular formula is C12H12FN3OS. The summed E-state index contributed by atoms with van der Waals surface area (Å²) in [4.78, 5) is 11.2. The Hall–Kier alpha value is -1.56. The maximum Gasteiger partial charge on any atom is 0.343 e. The van der Waals surface area contributed by atoms with Crippen LogP contribution in [0.3, 0.4) is 0 Å². The molecule has 2 aromatic heterocycles. The molecule has 0 bridgehead atoms. The van der Waals surface area contributed by atoms with E-state index in [1.807, 2.05) is 20.2 Å². The lowest BCUT2D eigenvalue weighted by molar-refractivity contribution is 0.0839. The predicted molar refractivity (Wildman–Crippen MR) is 66.5 cm³/mol. The van der Waals surface area contributed by atoms with Crippen LogP contribution >= 0.6 is 11.5 Å². The SMILES string of the molecule is Cc1cn(C)nc1-c1nsc(C(=O)F)c1C1CC1. The first-order valence-electron chi connectivity index (χ1n) is 5.78. The summed E-state index contributed by atoms with van der Waals surface area (Å²) in [6.07, 6.45) is 3.89. The Morgan fingerprint density at radius 1 is 1.50 bits per heavy atom. The van der Waals surface area contributed by atoms with Gasteiger partial charge < -0.3 is 0 Å². The van der Waals surface area contributed by atoms with Crippen molar-refractivity contribution >= 4 is 17.6 Å². The second-order valence-corrected chi connectivity index (χ2v) is 5.43. The molecule has 0 aromatic carbocycles. The zero-order valence-electron chi connectivity index (χ0n) is 10.1. The van der Waals surface area contributed by atoms with E-state index < -0.39 is 6.04 Å². The lowest BCUT2D eigenvalue weighted by Gasteiger charge is -2.00. The van der Waals surface area contributed by atoms with Crippen LogP contribution in [0.15, 0.2) is 6.20 Å². The summed E-state index contributed by atoms with van der Waals surface area (Å²) in [6, 6.07) is -1.38. The standard InChI is InChI=1S/C12H12FN3OS/c1-6-5-16(2)14-9(6)10-8(7-3-4-7)11(12(13)17)18-15-10/h5,7H,3-4H2,1-2H3. The lowest BCUT2D eigenvalue weighted by atomic mass is 10.1. The van der Waals surface area contributed by atoms with E-state index in [0.29, 0.717) is 5.69 Å². The van der Waals surface area contributed by atoms with Crippen LogP contribution in [0.1, 0.15) is 39.6 Å². The van der Waals surface area contributed by atoms with Crippen LogP contribution < -0.4 is 0 Å². The van der Waals surface area contributed by atoms with Crippen molar-refractivity contribution in [2.75, 3.05) is 0 Å². The third-order valence-electron chi connectivity index (χ3n) is 3.13. The van der Waals surface area contributed by atoms with Gasteiger partial charge >= 0.3 is 6.04 Å². The van der Waals surface area contributed by atoms with Crippen molar-refractivity contribution in [3.05, 3.63) is 22.2 Å². The van der Waals surface area contributed by atoms with Gasteiger partial charge in [0.25, 0.3) is 0 Å². The van der Waals surface area contributed by atoms with E-state index in [1.54, 1.807) is 4.68 Å². The van der Waals surface area contributed by atoms with Gasteiger partial charge in [-0.3, -0.25) is 9.48 Å². The Balaban J connectivity index is 2.17. The number of carbonyl (C=O) groups is 1. The molecule has 94 valence electrons. The smallest absolute Gasteiger partial charge is 0.275 e. The summed E-state index contributed by atoms with van der Waals surface area (Å²) < 4.78 is 19.0. The number of halogens is 1. The average Bonchev–Trinajstić information content (AvgIpc) is 2.95. The van der Waals surface area contributed by atoms with E-state index >= 15 is 0 Å². The Morgan fingerprint density at radius 3 is 2.72 bits per heavy atom. The number of carbonyl (C=O) groups excluding carboxylic acids is 1.